The summed E-state index contributed by atoms with van der Waals surface area (Å²) in [4.78, 5) is 0. The maximum absolute atomic E-state index is 3.31. The molecule has 2 N–H and O–H groups in total. The lowest BCUT2D eigenvalue weighted by atomic mass is 10.2. The second-order valence-electron chi connectivity index (χ2n) is 3.38. The van der Waals surface area contributed by atoms with Crippen molar-refractivity contribution in [1.82, 2.24) is 10.6 Å². The predicted molar refractivity (Wildman–Crippen MR) is 46.0 cm³/mol. The zero-order chi connectivity index (χ0) is 7.98. The zero-order valence-electron chi connectivity index (χ0n) is 7.57. The topological polar surface area (TPSA) is 24.1 Å². The molecule has 62 valence electrons. The minimum atomic E-state index is 0.583. The first-order valence-corrected chi connectivity index (χ1v) is 4.07. The van der Waals surface area contributed by atoms with Crippen LogP contribution in [0, 0.1) is 5.92 Å². The lowest BCUT2D eigenvalue weighted by molar-refractivity contribution is 0.486. The van der Waals surface area contributed by atoms with Crippen LogP contribution in [-0.2, 0) is 0 Å². The summed E-state index contributed by atoms with van der Waals surface area (Å²) in [5, 5.41) is 6.59. The Morgan fingerprint density at radius 3 is 2.10 bits per heavy atom. The number of rotatable bonds is 5. The molecule has 0 aromatic carbocycles. The Kier molecular flexibility index (Phi) is 5.64. The van der Waals surface area contributed by atoms with E-state index >= 15 is 0 Å². The summed E-state index contributed by atoms with van der Waals surface area (Å²) in [7, 11) is 0. The van der Waals surface area contributed by atoms with Crippen molar-refractivity contribution in [3.63, 3.8) is 0 Å². The first kappa shape index (κ1) is 9.92. The molecule has 0 unspecified atom stereocenters. The summed E-state index contributed by atoms with van der Waals surface area (Å²) in [5.74, 6) is 0.744. The number of hydrogen-bond donors (Lipinski definition) is 2. The average molecular weight is 144 g/mol. The molecule has 0 saturated carbocycles. The Balaban J connectivity index is 2.91. The zero-order valence-corrected chi connectivity index (χ0v) is 7.57. The minimum Gasteiger partial charge on any atom is -0.304 e. The molecule has 0 aliphatic rings. The minimum absolute atomic E-state index is 0.583. The van der Waals surface area contributed by atoms with E-state index in [1.807, 2.05) is 0 Å². The van der Waals surface area contributed by atoms with E-state index < -0.39 is 0 Å². The third-order valence-corrected chi connectivity index (χ3v) is 1.19. The molecular weight excluding hydrogens is 124 g/mol. The first-order valence-electron chi connectivity index (χ1n) is 4.07. The normalized spacial score (nSPS) is 11.4. The van der Waals surface area contributed by atoms with Crippen LogP contribution in [0.1, 0.15) is 27.7 Å². The van der Waals surface area contributed by atoms with Gasteiger partial charge in [0, 0.05) is 12.7 Å². The van der Waals surface area contributed by atoms with Gasteiger partial charge in [0.15, 0.2) is 0 Å². The molecule has 0 aromatic heterocycles. The van der Waals surface area contributed by atoms with Gasteiger partial charge in [0.2, 0.25) is 0 Å². The van der Waals surface area contributed by atoms with Crippen LogP contribution in [-0.4, -0.2) is 19.3 Å². The molecule has 0 aromatic rings. The molecule has 0 heterocycles. The SMILES string of the molecule is CC(C)CNCNC(C)C. The Hall–Kier alpha value is -0.0800. The second-order valence-corrected chi connectivity index (χ2v) is 3.38. The van der Waals surface area contributed by atoms with Gasteiger partial charge < -0.3 is 10.6 Å². The van der Waals surface area contributed by atoms with E-state index in [1.165, 1.54) is 0 Å². The van der Waals surface area contributed by atoms with E-state index in [-0.39, 0.29) is 0 Å². The molecule has 0 radical (unpaired) electrons. The molecule has 0 rings (SSSR count). The van der Waals surface area contributed by atoms with Crippen molar-refractivity contribution >= 4 is 0 Å². The van der Waals surface area contributed by atoms with Gasteiger partial charge in [-0.2, -0.15) is 0 Å². The van der Waals surface area contributed by atoms with E-state index in [0.717, 1.165) is 19.1 Å². The van der Waals surface area contributed by atoms with Gasteiger partial charge in [0.25, 0.3) is 0 Å². The van der Waals surface area contributed by atoms with E-state index in [4.69, 9.17) is 0 Å². The highest BCUT2D eigenvalue weighted by atomic mass is 15.1. The average Bonchev–Trinajstić information content (AvgIpc) is 1.79. The predicted octanol–water partition coefficient (Wildman–Crippen LogP) is 1.19. The van der Waals surface area contributed by atoms with Crippen molar-refractivity contribution < 1.29 is 0 Å². The fraction of sp³-hybridized carbons (Fsp3) is 1.00. The van der Waals surface area contributed by atoms with Gasteiger partial charge >= 0.3 is 0 Å². The van der Waals surface area contributed by atoms with Gasteiger partial charge in [0.05, 0.1) is 0 Å². The maximum atomic E-state index is 3.31. The summed E-state index contributed by atoms with van der Waals surface area (Å²) in [5.41, 5.74) is 0. The van der Waals surface area contributed by atoms with Crippen molar-refractivity contribution in [3.8, 4) is 0 Å². The van der Waals surface area contributed by atoms with E-state index in [2.05, 4.69) is 38.3 Å². The third kappa shape index (κ3) is 7.92. The molecule has 0 saturated heterocycles. The number of nitrogens with one attached hydrogen (secondary N) is 2. The van der Waals surface area contributed by atoms with Crippen molar-refractivity contribution in [2.45, 2.75) is 33.7 Å². The molecule has 2 nitrogen and oxygen atoms in total. The second kappa shape index (κ2) is 5.69. The third-order valence-electron chi connectivity index (χ3n) is 1.19. The summed E-state index contributed by atoms with van der Waals surface area (Å²) < 4.78 is 0. The highest BCUT2D eigenvalue weighted by molar-refractivity contribution is 4.53. The fourth-order valence-corrected chi connectivity index (χ4v) is 0.637. The van der Waals surface area contributed by atoms with Gasteiger partial charge in [-0.05, 0) is 26.3 Å². The molecule has 0 atom stereocenters. The summed E-state index contributed by atoms with van der Waals surface area (Å²) in [6.07, 6.45) is 0. The molecule has 0 bridgehead atoms. The molecule has 10 heavy (non-hydrogen) atoms. The van der Waals surface area contributed by atoms with E-state index in [1.54, 1.807) is 0 Å². The van der Waals surface area contributed by atoms with Crippen molar-refractivity contribution in [3.05, 3.63) is 0 Å². The van der Waals surface area contributed by atoms with Gasteiger partial charge in [-0.25, -0.2) is 0 Å². The van der Waals surface area contributed by atoms with Crippen molar-refractivity contribution in [2.24, 2.45) is 5.92 Å². The van der Waals surface area contributed by atoms with Gasteiger partial charge in [-0.15, -0.1) is 0 Å². The fourth-order valence-electron chi connectivity index (χ4n) is 0.637. The smallest absolute Gasteiger partial charge is 0.0456 e. The number of hydrogen-bond acceptors (Lipinski definition) is 2. The van der Waals surface area contributed by atoms with E-state index in [0.29, 0.717) is 6.04 Å². The highest BCUT2D eigenvalue weighted by Crippen LogP contribution is 1.85. The molecule has 0 aliphatic carbocycles. The summed E-state index contributed by atoms with van der Waals surface area (Å²) in [6, 6.07) is 0.583. The molecule has 0 fully saturated rings. The summed E-state index contributed by atoms with van der Waals surface area (Å²) >= 11 is 0. The Morgan fingerprint density at radius 1 is 1.10 bits per heavy atom. The van der Waals surface area contributed by atoms with E-state index in [9.17, 15) is 0 Å². The Morgan fingerprint density at radius 2 is 1.70 bits per heavy atom. The van der Waals surface area contributed by atoms with Gasteiger partial charge in [-0.1, -0.05) is 13.8 Å². The van der Waals surface area contributed by atoms with Crippen LogP contribution < -0.4 is 10.6 Å². The van der Waals surface area contributed by atoms with Crippen molar-refractivity contribution in [1.29, 1.82) is 0 Å². The quantitative estimate of drug-likeness (QED) is 0.447. The Bertz CT molecular complexity index is 59.7. The van der Waals surface area contributed by atoms with Crippen LogP contribution in [0.25, 0.3) is 0 Å². The molecule has 0 aliphatic heterocycles. The lowest BCUT2D eigenvalue weighted by Gasteiger charge is -2.10. The van der Waals surface area contributed by atoms with Crippen LogP contribution in [0.4, 0.5) is 0 Å². The Labute approximate surface area is 64.4 Å². The van der Waals surface area contributed by atoms with Crippen LogP contribution in [0.15, 0.2) is 0 Å². The van der Waals surface area contributed by atoms with Gasteiger partial charge in [0.1, 0.15) is 0 Å². The van der Waals surface area contributed by atoms with Crippen LogP contribution in [0.2, 0.25) is 0 Å². The molecular formula is C8H20N2. The molecule has 0 amide bonds. The van der Waals surface area contributed by atoms with Crippen molar-refractivity contribution in [2.75, 3.05) is 13.2 Å². The highest BCUT2D eigenvalue weighted by Gasteiger charge is 1.92. The summed E-state index contributed by atoms with van der Waals surface area (Å²) in [6.45, 7) is 10.7. The van der Waals surface area contributed by atoms with Gasteiger partial charge in [-0.3, -0.25) is 0 Å². The standard InChI is InChI=1S/C8H20N2/c1-7(2)5-9-6-10-8(3)4/h7-10H,5-6H2,1-4H3. The maximum Gasteiger partial charge on any atom is 0.0456 e. The largest absolute Gasteiger partial charge is 0.304 e. The van der Waals surface area contributed by atoms with Crippen LogP contribution in [0.5, 0.6) is 0 Å². The van der Waals surface area contributed by atoms with Crippen LogP contribution in [0.3, 0.4) is 0 Å². The lowest BCUT2D eigenvalue weighted by Crippen LogP contribution is -2.35. The first-order chi connectivity index (χ1) is 4.63. The monoisotopic (exact) mass is 144 g/mol. The molecule has 0 spiro atoms. The van der Waals surface area contributed by atoms with Crippen LogP contribution >= 0.6 is 0 Å². The molecule has 2 heteroatoms.